The van der Waals surface area contributed by atoms with Crippen molar-refractivity contribution in [3.63, 3.8) is 0 Å². The van der Waals surface area contributed by atoms with Crippen molar-refractivity contribution in [3.05, 3.63) is 63.1 Å². The average Bonchev–Trinajstić information content (AvgIpc) is 2.54. The lowest BCUT2D eigenvalue weighted by atomic mass is 10.1. The standard InChI is InChI=1S/C18H20Cl2N2O3S/c1-12-5-4-6-17(13(12)2)22(26(3,24)25)11-18(23)21-10-14-7-8-15(19)9-16(14)20/h4-9H,10-11H2,1-3H3,(H,21,23). The lowest BCUT2D eigenvalue weighted by Gasteiger charge is -2.24. The molecule has 140 valence electrons. The van der Waals surface area contributed by atoms with Crippen molar-refractivity contribution in [1.29, 1.82) is 0 Å². The Morgan fingerprint density at radius 2 is 1.85 bits per heavy atom. The molecule has 0 aliphatic heterocycles. The smallest absolute Gasteiger partial charge is 0.241 e. The van der Waals surface area contributed by atoms with Gasteiger partial charge in [-0.05, 0) is 48.7 Å². The minimum absolute atomic E-state index is 0.180. The minimum Gasteiger partial charge on any atom is -0.350 e. The molecule has 2 aromatic rings. The zero-order valence-electron chi connectivity index (χ0n) is 14.7. The molecule has 0 saturated carbocycles. The highest BCUT2D eigenvalue weighted by Gasteiger charge is 2.22. The Hall–Kier alpha value is -1.76. The first kappa shape index (κ1) is 20.6. The van der Waals surface area contributed by atoms with Crippen LogP contribution in [0, 0.1) is 13.8 Å². The van der Waals surface area contributed by atoms with Gasteiger partial charge in [-0.3, -0.25) is 9.10 Å². The third-order valence-electron chi connectivity index (χ3n) is 4.02. The molecule has 26 heavy (non-hydrogen) atoms. The third kappa shape index (κ3) is 5.13. The van der Waals surface area contributed by atoms with Gasteiger partial charge in [0.2, 0.25) is 15.9 Å². The van der Waals surface area contributed by atoms with E-state index in [9.17, 15) is 13.2 Å². The van der Waals surface area contributed by atoms with Gasteiger partial charge in [0.05, 0.1) is 11.9 Å². The fraction of sp³-hybridized carbons (Fsp3) is 0.278. The molecule has 8 heteroatoms. The van der Waals surface area contributed by atoms with E-state index in [1.54, 1.807) is 30.3 Å². The van der Waals surface area contributed by atoms with Crippen LogP contribution >= 0.6 is 23.2 Å². The van der Waals surface area contributed by atoms with E-state index in [2.05, 4.69) is 5.32 Å². The summed E-state index contributed by atoms with van der Waals surface area (Å²) < 4.78 is 25.5. The Morgan fingerprint density at radius 1 is 1.15 bits per heavy atom. The number of nitrogens with one attached hydrogen (secondary N) is 1. The molecule has 0 aliphatic rings. The van der Waals surface area contributed by atoms with Gasteiger partial charge in [-0.25, -0.2) is 8.42 Å². The highest BCUT2D eigenvalue weighted by atomic mass is 35.5. The summed E-state index contributed by atoms with van der Waals surface area (Å²) in [5.74, 6) is -0.428. The maximum atomic E-state index is 12.3. The van der Waals surface area contributed by atoms with Crippen molar-refractivity contribution in [2.45, 2.75) is 20.4 Å². The largest absolute Gasteiger partial charge is 0.350 e. The third-order valence-corrected chi connectivity index (χ3v) is 5.74. The van der Waals surface area contributed by atoms with Crippen LogP contribution in [0.5, 0.6) is 0 Å². The Morgan fingerprint density at radius 3 is 2.46 bits per heavy atom. The SMILES string of the molecule is Cc1cccc(N(CC(=O)NCc2ccc(Cl)cc2Cl)S(C)(=O)=O)c1C. The molecular formula is C18H20Cl2N2O3S. The molecule has 0 unspecified atom stereocenters. The van der Waals surface area contributed by atoms with E-state index >= 15 is 0 Å². The second-order valence-electron chi connectivity index (χ2n) is 6.00. The van der Waals surface area contributed by atoms with Gasteiger partial charge in [-0.15, -0.1) is 0 Å². The second kappa shape index (κ2) is 8.29. The normalized spacial score (nSPS) is 11.3. The highest BCUT2D eigenvalue weighted by Crippen LogP contribution is 2.25. The summed E-state index contributed by atoms with van der Waals surface area (Å²) in [6.07, 6.45) is 1.08. The van der Waals surface area contributed by atoms with Crippen molar-refractivity contribution < 1.29 is 13.2 Å². The molecule has 2 rings (SSSR count). The fourth-order valence-corrected chi connectivity index (χ4v) is 3.81. The van der Waals surface area contributed by atoms with E-state index in [-0.39, 0.29) is 13.1 Å². The van der Waals surface area contributed by atoms with E-state index in [1.807, 2.05) is 19.9 Å². The lowest BCUT2D eigenvalue weighted by molar-refractivity contribution is -0.119. The molecule has 0 aromatic heterocycles. The minimum atomic E-state index is -3.62. The Bertz CT molecular complexity index is 930. The van der Waals surface area contributed by atoms with Gasteiger partial charge in [-0.2, -0.15) is 0 Å². The number of hydrogen-bond acceptors (Lipinski definition) is 3. The van der Waals surface area contributed by atoms with Crippen LogP contribution in [0.15, 0.2) is 36.4 Å². The second-order valence-corrected chi connectivity index (χ2v) is 8.75. The van der Waals surface area contributed by atoms with Gasteiger partial charge in [0.1, 0.15) is 6.54 Å². The van der Waals surface area contributed by atoms with Crippen molar-refractivity contribution in [2.24, 2.45) is 0 Å². The molecule has 1 N–H and O–H groups in total. The van der Waals surface area contributed by atoms with Gasteiger partial charge in [-0.1, -0.05) is 41.4 Å². The average molecular weight is 415 g/mol. The number of nitrogens with zero attached hydrogens (tertiary/aromatic N) is 1. The molecule has 0 atom stereocenters. The van der Waals surface area contributed by atoms with Gasteiger partial charge in [0.15, 0.2) is 0 Å². The molecule has 0 aliphatic carbocycles. The molecule has 0 radical (unpaired) electrons. The number of anilines is 1. The Labute approximate surface area is 164 Å². The fourth-order valence-electron chi connectivity index (χ4n) is 2.43. The van der Waals surface area contributed by atoms with Crippen molar-refractivity contribution in [3.8, 4) is 0 Å². The number of amides is 1. The summed E-state index contributed by atoms with van der Waals surface area (Å²) >= 11 is 11.9. The number of carbonyl (C=O) groups excluding carboxylic acids is 1. The summed E-state index contributed by atoms with van der Waals surface area (Å²) in [6, 6.07) is 10.3. The van der Waals surface area contributed by atoms with E-state index in [0.717, 1.165) is 21.7 Å². The van der Waals surface area contributed by atoms with Crippen molar-refractivity contribution >= 4 is 44.8 Å². The van der Waals surface area contributed by atoms with E-state index < -0.39 is 15.9 Å². The predicted molar refractivity (Wildman–Crippen MR) is 106 cm³/mol. The van der Waals surface area contributed by atoms with E-state index in [4.69, 9.17) is 23.2 Å². The van der Waals surface area contributed by atoms with Crippen molar-refractivity contribution in [1.82, 2.24) is 5.32 Å². The first-order chi connectivity index (χ1) is 12.1. The maximum Gasteiger partial charge on any atom is 0.241 e. The summed E-state index contributed by atoms with van der Waals surface area (Å²) in [5, 5.41) is 3.63. The van der Waals surface area contributed by atoms with Crippen LogP contribution in [0.2, 0.25) is 10.0 Å². The molecule has 1 amide bonds. The molecule has 0 saturated heterocycles. The van der Waals surface area contributed by atoms with Crippen LogP contribution < -0.4 is 9.62 Å². The quantitative estimate of drug-likeness (QED) is 0.783. The first-order valence-electron chi connectivity index (χ1n) is 7.84. The van der Waals surface area contributed by atoms with Gasteiger partial charge >= 0.3 is 0 Å². The van der Waals surface area contributed by atoms with Crippen LogP contribution in [-0.4, -0.2) is 27.1 Å². The van der Waals surface area contributed by atoms with E-state index in [1.165, 1.54) is 0 Å². The zero-order chi connectivity index (χ0) is 19.5. The van der Waals surface area contributed by atoms with Crippen LogP contribution in [-0.2, 0) is 21.4 Å². The van der Waals surface area contributed by atoms with Gasteiger partial charge in [0.25, 0.3) is 0 Å². The van der Waals surface area contributed by atoms with Crippen LogP contribution in [0.1, 0.15) is 16.7 Å². The number of rotatable bonds is 6. The van der Waals surface area contributed by atoms with Gasteiger partial charge < -0.3 is 5.32 Å². The molecule has 2 aromatic carbocycles. The summed E-state index contributed by atoms with van der Waals surface area (Å²) in [4.78, 5) is 12.3. The molecule has 0 spiro atoms. The topological polar surface area (TPSA) is 66.5 Å². The van der Waals surface area contributed by atoms with Crippen LogP contribution in [0.25, 0.3) is 0 Å². The summed E-state index contributed by atoms with van der Waals surface area (Å²) in [6.45, 7) is 3.59. The van der Waals surface area contributed by atoms with Gasteiger partial charge in [0, 0.05) is 16.6 Å². The number of carbonyl (C=O) groups is 1. The summed E-state index contributed by atoms with van der Waals surface area (Å²) in [7, 11) is -3.62. The Kier molecular flexibility index (Phi) is 6.55. The lowest BCUT2D eigenvalue weighted by Crippen LogP contribution is -2.40. The maximum absolute atomic E-state index is 12.3. The Balaban J connectivity index is 2.16. The molecule has 0 bridgehead atoms. The molecule has 5 nitrogen and oxygen atoms in total. The highest BCUT2D eigenvalue weighted by molar-refractivity contribution is 7.92. The molecule has 0 fully saturated rings. The number of halogens is 2. The monoisotopic (exact) mass is 414 g/mol. The van der Waals surface area contributed by atoms with E-state index in [0.29, 0.717) is 21.3 Å². The number of benzene rings is 2. The van der Waals surface area contributed by atoms with Crippen LogP contribution in [0.3, 0.4) is 0 Å². The predicted octanol–water partition coefficient (Wildman–Crippen LogP) is 3.69. The number of hydrogen-bond donors (Lipinski definition) is 1. The zero-order valence-corrected chi connectivity index (χ0v) is 17.0. The van der Waals surface area contributed by atoms with Crippen molar-refractivity contribution in [2.75, 3.05) is 17.1 Å². The summed E-state index contributed by atoms with van der Waals surface area (Å²) in [5.41, 5.74) is 2.95. The number of sulfonamides is 1. The molecule has 0 heterocycles. The first-order valence-corrected chi connectivity index (χ1v) is 10.4. The van der Waals surface area contributed by atoms with Crippen LogP contribution in [0.4, 0.5) is 5.69 Å². The molecular weight excluding hydrogens is 395 g/mol. The number of aryl methyl sites for hydroxylation is 1.